The van der Waals surface area contributed by atoms with Gasteiger partial charge >= 0.3 is 12.4 Å². The van der Waals surface area contributed by atoms with Gasteiger partial charge in [-0.15, -0.1) is 22.7 Å². The van der Waals surface area contributed by atoms with Crippen LogP contribution in [-0.2, 0) is 25.2 Å². The standard InChI is InChI=1S/C44H46F6N2S3/c1-3-5-7-9-11-13-15-31-27-37(53-41(31)29-17-21-33(22-18-29)43(45,46)47)35-25-26-36(40-39(35)51-55-52-40)38-28-32(16-14-12-10-8-6-4-2)42(54-38)30-19-23-34(24-20-30)44(48,49)50/h17-28H,3-16H2,1-2H3. The van der Waals surface area contributed by atoms with Crippen molar-refractivity contribution in [3.8, 4) is 41.8 Å². The van der Waals surface area contributed by atoms with Gasteiger partial charge in [0.1, 0.15) is 11.0 Å². The average molecular weight is 813 g/mol. The predicted octanol–water partition coefficient (Wildman–Crippen LogP) is 16.3. The SMILES string of the molecule is CCCCCCCCc1cc(-c2ccc(-c3cc(CCCCCCCC)c(-c4ccc(C(F)(F)F)cc4)s3)c3nsnc23)sc1-c1ccc(C(F)(F)F)cc1. The maximum Gasteiger partial charge on any atom is 0.416 e. The maximum atomic E-state index is 13.4. The largest absolute Gasteiger partial charge is 0.416 e. The lowest BCUT2D eigenvalue weighted by molar-refractivity contribution is -0.138. The first-order valence-electron chi connectivity index (χ1n) is 19.3. The summed E-state index contributed by atoms with van der Waals surface area (Å²) in [5.74, 6) is 0. The Balaban J connectivity index is 1.34. The third-order valence-electron chi connectivity index (χ3n) is 10.1. The van der Waals surface area contributed by atoms with E-state index in [0.29, 0.717) is 0 Å². The predicted molar refractivity (Wildman–Crippen MR) is 219 cm³/mol. The highest BCUT2D eigenvalue weighted by atomic mass is 32.1. The Morgan fingerprint density at radius 2 is 0.836 bits per heavy atom. The van der Waals surface area contributed by atoms with E-state index in [1.54, 1.807) is 46.9 Å². The zero-order valence-electron chi connectivity index (χ0n) is 31.2. The molecule has 0 fully saturated rings. The number of thiophene rings is 2. The molecule has 3 aromatic heterocycles. The Kier molecular flexibility index (Phi) is 13.9. The third-order valence-corrected chi connectivity index (χ3v) is 13.2. The van der Waals surface area contributed by atoms with E-state index < -0.39 is 23.5 Å². The van der Waals surface area contributed by atoms with Gasteiger partial charge in [0.25, 0.3) is 0 Å². The molecule has 3 aromatic carbocycles. The summed E-state index contributed by atoms with van der Waals surface area (Å²) in [6, 6.07) is 19.3. The average Bonchev–Trinajstić information content (AvgIpc) is 3.93. The van der Waals surface area contributed by atoms with Crippen LogP contribution in [-0.4, -0.2) is 8.75 Å². The molecule has 6 aromatic rings. The zero-order valence-corrected chi connectivity index (χ0v) is 33.7. The fourth-order valence-electron chi connectivity index (χ4n) is 7.06. The van der Waals surface area contributed by atoms with Crippen molar-refractivity contribution >= 4 is 45.4 Å². The van der Waals surface area contributed by atoms with Crippen molar-refractivity contribution in [3.63, 3.8) is 0 Å². The molecule has 0 N–H and O–H groups in total. The Bertz CT molecular complexity index is 1970. The molecule has 11 heteroatoms. The van der Waals surface area contributed by atoms with E-state index in [-0.39, 0.29) is 0 Å². The Hall–Kier alpha value is -3.54. The van der Waals surface area contributed by atoms with Gasteiger partial charge in [0.15, 0.2) is 0 Å². The van der Waals surface area contributed by atoms with Crippen molar-refractivity contribution in [2.24, 2.45) is 0 Å². The van der Waals surface area contributed by atoms with Crippen LogP contribution < -0.4 is 0 Å². The molecular formula is C44H46F6N2S3. The van der Waals surface area contributed by atoms with Crippen LogP contribution in [0.15, 0.2) is 72.8 Å². The molecule has 6 rings (SSSR count). The Morgan fingerprint density at radius 1 is 0.473 bits per heavy atom. The van der Waals surface area contributed by atoms with Gasteiger partial charge in [-0.2, -0.15) is 35.1 Å². The summed E-state index contributed by atoms with van der Waals surface area (Å²) in [4.78, 5) is 3.91. The molecule has 292 valence electrons. The van der Waals surface area contributed by atoms with E-state index >= 15 is 0 Å². The number of fused-ring (bicyclic) bond motifs is 1. The number of benzene rings is 3. The summed E-state index contributed by atoms with van der Waals surface area (Å²) in [5, 5.41) is 0. The lowest BCUT2D eigenvalue weighted by Gasteiger charge is -2.08. The first-order chi connectivity index (χ1) is 26.5. The molecular weight excluding hydrogens is 767 g/mol. The molecule has 0 aliphatic rings. The molecule has 0 aliphatic carbocycles. The molecule has 55 heavy (non-hydrogen) atoms. The minimum atomic E-state index is -4.40. The fourth-order valence-corrected chi connectivity index (χ4v) is 10.1. The molecule has 2 nitrogen and oxygen atoms in total. The van der Waals surface area contributed by atoms with E-state index in [9.17, 15) is 26.3 Å². The van der Waals surface area contributed by atoms with E-state index in [1.807, 2.05) is 0 Å². The van der Waals surface area contributed by atoms with Gasteiger partial charge in [0.2, 0.25) is 0 Å². The van der Waals surface area contributed by atoms with Gasteiger partial charge in [-0.05, 0) is 84.3 Å². The van der Waals surface area contributed by atoms with Gasteiger partial charge in [-0.25, -0.2) is 0 Å². The van der Waals surface area contributed by atoms with Gasteiger partial charge < -0.3 is 0 Å². The molecule has 0 atom stereocenters. The zero-order chi connectivity index (χ0) is 39.0. The molecule has 3 heterocycles. The van der Waals surface area contributed by atoms with Crippen molar-refractivity contribution in [1.82, 2.24) is 8.75 Å². The van der Waals surface area contributed by atoms with Crippen molar-refractivity contribution in [2.45, 2.75) is 116 Å². The lowest BCUT2D eigenvalue weighted by Crippen LogP contribution is -2.04. The number of hydrogen-bond acceptors (Lipinski definition) is 5. The number of unbranched alkanes of at least 4 members (excludes halogenated alkanes) is 10. The molecule has 0 bridgehead atoms. The number of rotatable bonds is 18. The highest BCUT2D eigenvalue weighted by Gasteiger charge is 2.31. The minimum absolute atomic E-state index is 0.665. The van der Waals surface area contributed by atoms with Crippen LogP contribution in [0.3, 0.4) is 0 Å². The minimum Gasteiger partial charge on any atom is -0.172 e. The smallest absolute Gasteiger partial charge is 0.172 e. The van der Waals surface area contributed by atoms with E-state index in [1.165, 1.54) is 38.5 Å². The fraction of sp³-hybridized carbons (Fsp3) is 0.409. The van der Waals surface area contributed by atoms with Crippen LogP contribution in [0.25, 0.3) is 52.8 Å². The number of aryl methyl sites for hydroxylation is 2. The summed E-state index contributed by atoms with van der Waals surface area (Å²) >= 11 is 4.28. The van der Waals surface area contributed by atoms with E-state index in [2.05, 4.69) is 38.1 Å². The quantitative estimate of drug-likeness (QED) is 0.0638. The van der Waals surface area contributed by atoms with E-state index in [4.69, 9.17) is 8.75 Å². The summed E-state index contributed by atoms with van der Waals surface area (Å²) in [5.41, 5.74) is 5.81. The Morgan fingerprint density at radius 3 is 1.20 bits per heavy atom. The van der Waals surface area contributed by atoms with Crippen molar-refractivity contribution < 1.29 is 26.3 Å². The Labute approximate surface area is 332 Å². The van der Waals surface area contributed by atoms with Crippen molar-refractivity contribution in [2.75, 3.05) is 0 Å². The first kappa shape index (κ1) is 41.1. The van der Waals surface area contributed by atoms with Crippen LogP contribution in [0.4, 0.5) is 26.3 Å². The van der Waals surface area contributed by atoms with Crippen molar-refractivity contribution in [1.29, 1.82) is 0 Å². The third kappa shape index (κ3) is 10.3. The van der Waals surface area contributed by atoms with Crippen LogP contribution in [0.2, 0.25) is 0 Å². The van der Waals surface area contributed by atoms with Gasteiger partial charge in [-0.3, -0.25) is 0 Å². The van der Waals surface area contributed by atoms with Gasteiger partial charge in [0, 0.05) is 30.6 Å². The normalized spacial score (nSPS) is 12.3. The van der Waals surface area contributed by atoms with Crippen molar-refractivity contribution in [3.05, 3.63) is 95.1 Å². The topological polar surface area (TPSA) is 25.8 Å². The maximum absolute atomic E-state index is 13.4. The summed E-state index contributed by atoms with van der Waals surface area (Å²) in [6.07, 6.45) is 6.59. The second-order valence-electron chi connectivity index (χ2n) is 14.2. The molecule has 0 saturated heterocycles. The summed E-state index contributed by atoms with van der Waals surface area (Å²) in [6.45, 7) is 4.39. The summed E-state index contributed by atoms with van der Waals surface area (Å²) in [7, 11) is 0. The number of aromatic nitrogens is 2. The molecule has 0 saturated carbocycles. The van der Waals surface area contributed by atoms with E-state index in [0.717, 1.165) is 151 Å². The highest BCUT2D eigenvalue weighted by Crippen LogP contribution is 2.46. The lowest BCUT2D eigenvalue weighted by atomic mass is 9.99. The van der Waals surface area contributed by atoms with Gasteiger partial charge in [0.05, 0.1) is 22.9 Å². The number of alkyl halides is 6. The highest BCUT2D eigenvalue weighted by molar-refractivity contribution is 7.19. The summed E-state index contributed by atoms with van der Waals surface area (Å²) < 4.78 is 90.0. The first-order valence-corrected chi connectivity index (χ1v) is 21.7. The number of hydrogen-bond donors (Lipinski definition) is 0. The van der Waals surface area contributed by atoms with Crippen LogP contribution in [0, 0.1) is 0 Å². The molecule has 0 amide bonds. The molecule has 0 unspecified atom stereocenters. The number of halogens is 6. The molecule has 0 radical (unpaired) electrons. The second kappa shape index (κ2) is 18.6. The molecule has 0 aliphatic heterocycles. The monoisotopic (exact) mass is 812 g/mol. The van der Waals surface area contributed by atoms with Crippen LogP contribution in [0.1, 0.15) is 113 Å². The second-order valence-corrected chi connectivity index (χ2v) is 16.9. The van der Waals surface area contributed by atoms with Gasteiger partial charge in [-0.1, -0.05) is 114 Å². The molecule has 0 spiro atoms. The van der Waals surface area contributed by atoms with Crippen LogP contribution >= 0.6 is 34.4 Å². The number of nitrogens with zero attached hydrogens (tertiary/aromatic N) is 2. The van der Waals surface area contributed by atoms with Crippen LogP contribution in [0.5, 0.6) is 0 Å².